The van der Waals surface area contributed by atoms with Crippen molar-refractivity contribution in [2.75, 3.05) is 64.4 Å². The second-order valence-electron chi connectivity index (χ2n) is 9.66. The van der Waals surface area contributed by atoms with Crippen molar-refractivity contribution < 1.29 is 38.8 Å². The minimum atomic E-state index is -1.82. The molecule has 3 saturated heterocycles. The Balaban J connectivity index is 0.000000531. The molecule has 3 heterocycles. The number of methoxy groups -OCH3 is 1. The summed E-state index contributed by atoms with van der Waals surface area (Å²) < 4.78 is 18.5. The number of carboxylic acid groups (broad SMARTS) is 2. The molecule has 2 atom stereocenters. The van der Waals surface area contributed by atoms with Crippen molar-refractivity contribution in [1.29, 1.82) is 0 Å². The number of aliphatic carboxylic acids is 2. The SMILES string of the molecule is COc1ccccc1N1CCN(C[C@@H]2CO[C@@](CN3CCCC3=O)(c3ccccc3)O2)CC1.O=C(O)C(=O)O. The molecule has 0 saturated carbocycles. The molecule has 3 aliphatic rings. The molecule has 0 bridgehead atoms. The van der Waals surface area contributed by atoms with Gasteiger partial charge in [0.1, 0.15) is 5.75 Å². The molecule has 39 heavy (non-hydrogen) atoms. The third kappa shape index (κ3) is 7.05. The number of carboxylic acids is 2. The highest BCUT2D eigenvalue weighted by molar-refractivity contribution is 6.27. The third-order valence-corrected chi connectivity index (χ3v) is 7.09. The molecular weight excluding hydrogens is 506 g/mol. The lowest BCUT2D eigenvalue weighted by Crippen LogP contribution is -2.49. The number of piperazine rings is 1. The average Bonchev–Trinajstić information content (AvgIpc) is 3.56. The fourth-order valence-corrected chi connectivity index (χ4v) is 5.15. The lowest BCUT2D eigenvalue weighted by Gasteiger charge is -2.37. The third-order valence-electron chi connectivity index (χ3n) is 7.09. The molecule has 210 valence electrons. The fourth-order valence-electron chi connectivity index (χ4n) is 5.15. The number of benzene rings is 2. The Kier molecular flexibility index (Phi) is 9.39. The minimum absolute atomic E-state index is 0.0271. The minimum Gasteiger partial charge on any atom is -0.495 e. The quantitative estimate of drug-likeness (QED) is 0.501. The topological polar surface area (TPSA) is 129 Å². The van der Waals surface area contributed by atoms with E-state index < -0.39 is 17.7 Å². The monoisotopic (exact) mass is 541 g/mol. The van der Waals surface area contributed by atoms with Gasteiger partial charge in [-0.05, 0) is 18.6 Å². The number of amides is 1. The smallest absolute Gasteiger partial charge is 0.414 e. The lowest BCUT2D eigenvalue weighted by molar-refractivity contribution is -0.191. The van der Waals surface area contributed by atoms with Gasteiger partial charge in [-0.3, -0.25) is 9.69 Å². The van der Waals surface area contributed by atoms with Crippen LogP contribution in [-0.4, -0.2) is 103 Å². The van der Waals surface area contributed by atoms with Crippen LogP contribution in [0.15, 0.2) is 54.6 Å². The van der Waals surface area contributed by atoms with Crippen LogP contribution < -0.4 is 9.64 Å². The molecule has 2 aromatic carbocycles. The second kappa shape index (κ2) is 12.9. The first-order valence-corrected chi connectivity index (χ1v) is 13.0. The van der Waals surface area contributed by atoms with Gasteiger partial charge in [-0.1, -0.05) is 42.5 Å². The van der Waals surface area contributed by atoms with Crippen LogP contribution in [0.1, 0.15) is 18.4 Å². The zero-order valence-corrected chi connectivity index (χ0v) is 22.0. The normalized spacial score (nSPS) is 23.3. The van der Waals surface area contributed by atoms with Crippen LogP contribution in [0.2, 0.25) is 0 Å². The van der Waals surface area contributed by atoms with Gasteiger partial charge < -0.3 is 34.2 Å². The molecule has 0 spiro atoms. The molecule has 3 fully saturated rings. The van der Waals surface area contributed by atoms with E-state index in [1.807, 2.05) is 47.4 Å². The second-order valence-corrected chi connectivity index (χ2v) is 9.66. The van der Waals surface area contributed by atoms with E-state index in [0.29, 0.717) is 19.6 Å². The highest BCUT2D eigenvalue weighted by Gasteiger charge is 2.46. The number of carbonyl (C=O) groups is 3. The van der Waals surface area contributed by atoms with Crippen LogP contribution in [0.4, 0.5) is 5.69 Å². The van der Waals surface area contributed by atoms with Crippen LogP contribution in [0.25, 0.3) is 0 Å². The van der Waals surface area contributed by atoms with Gasteiger partial charge in [0.05, 0.1) is 32.1 Å². The maximum absolute atomic E-state index is 12.3. The molecule has 2 aromatic rings. The number of para-hydroxylation sites is 2. The summed E-state index contributed by atoms with van der Waals surface area (Å²) in [6.07, 6.45) is 1.50. The van der Waals surface area contributed by atoms with E-state index in [-0.39, 0.29) is 12.0 Å². The number of likely N-dealkylation sites (tertiary alicyclic amines) is 1. The highest BCUT2D eigenvalue weighted by Crippen LogP contribution is 2.37. The van der Waals surface area contributed by atoms with Crippen molar-refractivity contribution in [2.45, 2.75) is 24.7 Å². The molecule has 0 radical (unpaired) electrons. The van der Waals surface area contributed by atoms with Gasteiger partial charge in [0.15, 0.2) is 0 Å². The predicted molar refractivity (Wildman–Crippen MR) is 142 cm³/mol. The Hall–Kier alpha value is -3.67. The molecule has 2 N–H and O–H groups in total. The zero-order valence-electron chi connectivity index (χ0n) is 22.0. The number of carbonyl (C=O) groups excluding carboxylic acids is 1. The van der Waals surface area contributed by atoms with Gasteiger partial charge in [-0.15, -0.1) is 0 Å². The predicted octanol–water partition coefficient (Wildman–Crippen LogP) is 1.86. The molecular formula is C28H35N3O8. The molecule has 5 rings (SSSR count). The summed E-state index contributed by atoms with van der Waals surface area (Å²) in [5, 5.41) is 14.8. The van der Waals surface area contributed by atoms with Crippen molar-refractivity contribution in [3.8, 4) is 5.75 Å². The summed E-state index contributed by atoms with van der Waals surface area (Å²) in [5.74, 6) is -3.42. The Morgan fingerprint density at radius 1 is 0.974 bits per heavy atom. The van der Waals surface area contributed by atoms with Crippen molar-refractivity contribution in [3.05, 3.63) is 60.2 Å². The van der Waals surface area contributed by atoms with E-state index in [1.165, 1.54) is 0 Å². The van der Waals surface area contributed by atoms with Crippen molar-refractivity contribution in [2.24, 2.45) is 0 Å². The van der Waals surface area contributed by atoms with E-state index >= 15 is 0 Å². The Morgan fingerprint density at radius 3 is 2.26 bits per heavy atom. The first-order chi connectivity index (χ1) is 18.8. The summed E-state index contributed by atoms with van der Waals surface area (Å²) >= 11 is 0. The van der Waals surface area contributed by atoms with Gasteiger partial charge in [0, 0.05) is 51.3 Å². The van der Waals surface area contributed by atoms with E-state index in [1.54, 1.807) is 7.11 Å². The van der Waals surface area contributed by atoms with E-state index in [2.05, 4.69) is 21.9 Å². The average molecular weight is 542 g/mol. The number of nitrogens with zero attached hydrogens (tertiary/aromatic N) is 3. The summed E-state index contributed by atoms with van der Waals surface area (Å²) in [6.45, 7) is 6.39. The summed E-state index contributed by atoms with van der Waals surface area (Å²) in [7, 11) is 1.72. The van der Waals surface area contributed by atoms with Crippen LogP contribution >= 0.6 is 0 Å². The molecule has 0 aliphatic carbocycles. The fraction of sp³-hybridized carbons (Fsp3) is 0.464. The summed E-state index contributed by atoms with van der Waals surface area (Å²) in [4.78, 5) is 37.2. The van der Waals surface area contributed by atoms with Gasteiger partial charge in [-0.2, -0.15) is 0 Å². The first kappa shape index (κ1) is 28.3. The van der Waals surface area contributed by atoms with Gasteiger partial charge >= 0.3 is 11.9 Å². The Bertz CT molecular complexity index is 1130. The zero-order chi connectivity index (χ0) is 27.8. The molecule has 0 aromatic heterocycles. The number of hydrogen-bond acceptors (Lipinski definition) is 8. The molecule has 1 amide bonds. The van der Waals surface area contributed by atoms with Crippen LogP contribution in [-0.2, 0) is 29.6 Å². The van der Waals surface area contributed by atoms with Crippen LogP contribution in [0, 0.1) is 0 Å². The molecule has 11 nitrogen and oxygen atoms in total. The number of anilines is 1. The lowest BCUT2D eigenvalue weighted by atomic mass is 10.1. The summed E-state index contributed by atoms with van der Waals surface area (Å²) in [5.41, 5.74) is 2.13. The van der Waals surface area contributed by atoms with Gasteiger partial charge in [0.2, 0.25) is 11.7 Å². The largest absolute Gasteiger partial charge is 0.495 e. The number of ether oxygens (including phenoxy) is 3. The number of hydrogen-bond donors (Lipinski definition) is 2. The Labute approximate surface area is 227 Å². The van der Waals surface area contributed by atoms with E-state index in [4.69, 9.17) is 34.0 Å². The molecule has 11 heteroatoms. The van der Waals surface area contributed by atoms with Gasteiger partial charge in [0.25, 0.3) is 0 Å². The summed E-state index contributed by atoms with van der Waals surface area (Å²) in [6, 6.07) is 18.3. The number of rotatable bonds is 7. The maximum atomic E-state index is 12.3. The van der Waals surface area contributed by atoms with Crippen LogP contribution in [0.3, 0.4) is 0 Å². The van der Waals surface area contributed by atoms with Crippen molar-refractivity contribution in [3.63, 3.8) is 0 Å². The van der Waals surface area contributed by atoms with Crippen molar-refractivity contribution >= 4 is 23.5 Å². The first-order valence-electron chi connectivity index (χ1n) is 13.0. The van der Waals surface area contributed by atoms with Crippen molar-refractivity contribution in [1.82, 2.24) is 9.80 Å². The molecule has 3 aliphatic heterocycles. The highest BCUT2D eigenvalue weighted by atomic mass is 16.7. The van der Waals surface area contributed by atoms with E-state index in [0.717, 1.165) is 62.7 Å². The maximum Gasteiger partial charge on any atom is 0.414 e. The van der Waals surface area contributed by atoms with E-state index in [9.17, 15) is 4.79 Å². The standard InChI is InChI=1S/C26H33N3O4.C2H2O4/c1-31-24-11-6-5-10-23(24)28-16-14-27(15-17-28)18-22-19-32-26(33-22,21-8-3-2-4-9-21)20-29-13-7-12-25(29)30;3-1(4)2(5)6/h2-6,8-11,22H,7,12-20H2,1H3;(H,3,4)(H,5,6)/t22-,26-;/m1./s1. The molecule has 0 unspecified atom stereocenters. The Morgan fingerprint density at radius 2 is 1.64 bits per heavy atom. The van der Waals surface area contributed by atoms with Crippen LogP contribution in [0.5, 0.6) is 5.75 Å². The van der Waals surface area contributed by atoms with Gasteiger partial charge in [-0.25, -0.2) is 9.59 Å².